The van der Waals surface area contributed by atoms with Gasteiger partial charge < -0.3 is 19.9 Å². The molecule has 0 aliphatic carbocycles. The Kier molecular flexibility index (Phi) is 5.55. The van der Waals surface area contributed by atoms with Gasteiger partial charge in [0.2, 0.25) is 0 Å². The SMILES string of the molecule is CCNCC(O)c1ccc(OC)c(OC)c1Cl. The molecule has 0 saturated carbocycles. The van der Waals surface area contributed by atoms with Gasteiger partial charge >= 0.3 is 0 Å². The van der Waals surface area contributed by atoms with Crippen molar-refractivity contribution in [2.45, 2.75) is 13.0 Å². The van der Waals surface area contributed by atoms with Crippen molar-refractivity contribution >= 4 is 11.6 Å². The van der Waals surface area contributed by atoms with Gasteiger partial charge in [-0.1, -0.05) is 24.6 Å². The fraction of sp³-hybridized carbons (Fsp3) is 0.500. The van der Waals surface area contributed by atoms with Crippen LogP contribution in [0, 0.1) is 0 Å². The van der Waals surface area contributed by atoms with Gasteiger partial charge in [-0.05, 0) is 12.6 Å². The van der Waals surface area contributed by atoms with E-state index in [1.165, 1.54) is 7.11 Å². The summed E-state index contributed by atoms with van der Waals surface area (Å²) in [6.07, 6.45) is -0.665. The first kappa shape index (κ1) is 14.1. The van der Waals surface area contributed by atoms with Crippen molar-refractivity contribution in [1.82, 2.24) is 5.32 Å². The lowest BCUT2D eigenvalue weighted by atomic mass is 10.1. The molecule has 1 rings (SSSR count). The molecule has 0 saturated heterocycles. The Morgan fingerprint density at radius 3 is 2.59 bits per heavy atom. The smallest absolute Gasteiger partial charge is 0.179 e. The van der Waals surface area contributed by atoms with Crippen LogP contribution in [0.1, 0.15) is 18.6 Å². The quantitative estimate of drug-likeness (QED) is 0.821. The van der Waals surface area contributed by atoms with E-state index in [2.05, 4.69) is 5.32 Å². The number of ether oxygens (including phenoxy) is 2. The predicted octanol–water partition coefficient (Wildman–Crippen LogP) is 2.00. The average molecular weight is 260 g/mol. The molecule has 0 aliphatic heterocycles. The maximum Gasteiger partial charge on any atom is 0.179 e. The Labute approximate surface area is 106 Å². The third-order valence-corrected chi connectivity index (χ3v) is 2.85. The number of aliphatic hydroxyl groups excluding tert-OH is 1. The second-order valence-corrected chi connectivity index (χ2v) is 3.91. The molecule has 2 N–H and O–H groups in total. The largest absolute Gasteiger partial charge is 0.493 e. The van der Waals surface area contributed by atoms with Crippen molar-refractivity contribution in [2.24, 2.45) is 0 Å². The van der Waals surface area contributed by atoms with Crippen LogP contribution in [0.3, 0.4) is 0 Å². The van der Waals surface area contributed by atoms with E-state index < -0.39 is 6.10 Å². The fourth-order valence-electron chi connectivity index (χ4n) is 1.55. The normalized spacial score (nSPS) is 12.3. The van der Waals surface area contributed by atoms with Gasteiger partial charge in [0.15, 0.2) is 11.5 Å². The summed E-state index contributed by atoms with van der Waals surface area (Å²) in [4.78, 5) is 0. The van der Waals surface area contributed by atoms with Crippen LogP contribution in [0.2, 0.25) is 5.02 Å². The summed E-state index contributed by atoms with van der Waals surface area (Å²) >= 11 is 6.17. The van der Waals surface area contributed by atoms with E-state index in [4.69, 9.17) is 21.1 Å². The molecular weight excluding hydrogens is 242 g/mol. The first-order chi connectivity index (χ1) is 8.15. The molecule has 0 bridgehead atoms. The third-order valence-electron chi connectivity index (χ3n) is 2.46. The number of halogens is 1. The third kappa shape index (κ3) is 3.25. The van der Waals surface area contributed by atoms with Crippen LogP contribution in [-0.2, 0) is 0 Å². The number of nitrogens with one attached hydrogen (secondary N) is 1. The summed E-state index contributed by atoms with van der Waals surface area (Å²) in [6.45, 7) is 3.22. The molecule has 0 radical (unpaired) electrons. The van der Waals surface area contributed by atoms with E-state index in [1.54, 1.807) is 19.2 Å². The van der Waals surface area contributed by atoms with E-state index >= 15 is 0 Å². The molecule has 4 nitrogen and oxygen atoms in total. The van der Waals surface area contributed by atoms with E-state index in [9.17, 15) is 5.11 Å². The monoisotopic (exact) mass is 259 g/mol. The van der Waals surface area contributed by atoms with Gasteiger partial charge in [0.1, 0.15) is 0 Å². The molecule has 0 heterocycles. The van der Waals surface area contributed by atoms with Crippen LogP contribution in [-0.4, -0.2) is 32.4 Å². The summed E-state index contributed by atoms with van der Waals surface area (Å²) in [5, 5.41) is 13.4. The number of hydrogen-bond donors (Lipinski definition) is 2. The van der Waals surface area contributed by atoms with Crippen LogP contribution in [0.5, 0.6) is 11.5 Å². The van der Waals surface area contributed by atoms with Gasteiger partial charge in [0.05, 0.1) is 25.3 Å². The predicted molar refractivity (Wildman–Crippen MR) is 68.1 cm³/mol. The second kappa shape index (κ2) is 6.69. The fourth-order valence-corrected chi connectivity index (χ4v) is 1.91. The first-order valence-electron chi connectivity index (χ1n) is 5.44. The number of methoxy groups -OCH3 is 2. The van der Waals surface area contributed by atoms with Crippen LogP contribution in [0.25, 0.3) is 0 Å². The van der Waals surface area contributed by atoms with E-state index in [0.29, 0.717) is 28.6 Å². The summed E-state index contributed by atoms with van der Waals surface area (Å²) in [6, 6.07) is 3.47. The topological polar surface area (TPSA) is 50.7 Å². The highest BCUT2D eigenvalue weighted by molar-refractivity contribution is 6.33. The molecule has 1 aromatic rings. The van der Waals surface area contributed by atoms with Crippen molar-refractivity contribution in [2.75, 3.05) is 27.3 Å². The van der Waals surface area contributed by atoms with Crippen LogP contribution in [0.15, 0.2) is 12.1 Å². The Morgan fingerprint density at radius 2 is 2.06 bits per heavy atom. The molecule has 96 valence electrons. The lowest BCUT2D eigenvalue weighted by molar-refractivity contribution is 0.175. The lowest BCUT2D eigenvalue weighted by Gasteiger charge is -2.16. The number of likely N-dealkylation sites (N-methyl/N-ethyl adjacent to an activating group) is 1. The van der Waals surface area contributed by atoms with Gasteiger partial charge in [0.25, 0.3) is 0 Å². The zero-order chi connectivity index (χ0) is 12.8. The highest BCUT2D eigenvalue weighted by Gasteiger charge is 2.18. The molecule has 0 aliphatic rings. The van der Waals surface area contributed by atoms with Crippen molar-refractivity contribution in [3.05, 3.63) is 22.7 Å². The standard InChI is InChI=1S/C12H18ClNO3/c1-4-14-7-9(15)8-5-6-10(16-2)12(17-3)11(8)13/h5-6,9,14-15H,4,7H2,1-3H3. The Balaban J connectivity index is 3.01. The minimum atomic E-state index is -0.665. The number of rotatable bonds is 6. The van der Waals surface area contributed by atoms with Gasteiger partial charge in [-0.25, -0.2) is 0 Å². The molecule has 17 heavy (non-hydrogen) atoms. The Hall–Kier alpha value is -0.970. The molecule has 0 spiro atoms. The van der Waals surface area contributed by atoms with Gasteiger partial charge in [-0.15, -0.1) is 0 Å². The summed E-state index contributed by atoms with van der Waals surface area (Å²) in [5.74, 6) is 0.999. The van der Waals surface area contributed by atoms with E-state index in [-0.39, 0.29) is 0 Å². The zero-order valence-electron chi connectivity index (χ0n) is 10.3. The maximum absolute atomic E-state index is 9.97. The Bertz CT molecular complexity index is 371. The van der Waals surface area contributed by atoms with E-state index in [0.717, 1.165) is 6.54 Å². The molecule has 0 amide bonds. The number of hydrogen-bond acceptors (Lipinski definition) is 4. The molecular formula is C12H18ClNO3. The number of aliphatic hydroxyl groups is 1. The van der Waals surface area contributed by atoms with Crippen LogP contribution < -0.4 is 14.8 Å². The molecule has 1 unspecified atom stereocenters. The maximum atomic E-state index is 9.97. The second-order valence-electron chi connectivity index (χ2n) is 3.53. The first-order valence-corrected chi connectivity index (χ1v) is 5.82. The van der Waals surface area contributed by atoms with Crippen LogP contribution >= 0.6 is 11.6 Å². The van der Waals surface area contributed by atoms with Crippen molar-refractivity contribution < 1.29 is 14.6 Å². The van der Waals surface area contributed by atoms with E-state index in [1.807, 2.05) is 6.92 Å². The lowest BCUT2D eigenvalue weighted by Crippen LogP contribution is -2.21. The minimum absolute atomic E-state index is 0.386. The van der Waals surface area contributed by atoms with Crippen molar-refractivity contribution in [3.63, 3.8) is 0 Å². The average Bonchev–Trinajstić information content (AvgIpc) is 2.35. The van der Waals surface area contributed by atoms with Gasteiger partial charge in [0, 0.05) is 12.1 Å². The molecule has 0 aromatic heterocycles. The molecule has 1 aromatic carbocycles. The number of benzene rings is 1. The summed E-state index contributed by atoms with van der Waals surface area (Å²) in [5.41, 5.74) is 0.630. The van der Waals surface area contributed by atoms with Gasteiger partial charge in [-0.3, -0.25) is 0 Å². The summed E-state index contributed by atoms with van der Waals surface area (Å²) < 4.78 is 10.3. The molecule has 1 atom stereocenters. The zero-order valence-corrected chi connectivity index (χ0v) is 11.0. The minimum Gasteiger partial charge on any atom is -0.493 e. The van der Waals surface area contributed by atoms with Crippen LogP contribution in [0.4, 0.5) is 0 Å². The van der Waals surface area contributed by atoms with Gasteiger partial charge in [-0.2, -0.15) is 0 Å². The Morgan fingerprint density at radius 1 is 1.35 bits per heavy atom. The van der Waals surface area contributed by atoms with Crippen molar-refractivity contribution in [3.8, 4) is 11.5 Å². The summed E-state index contributed by atoms with van der Waals surface area (Å²) in [7, 11) is 3.06. The molecule has 5 heteroatoms. The highest BCUT2D eigenvalue weighted by Crippen LogP contribution is 2.39. The molecule has 0 fully saturated rings. The van der Waals surface area contributed by atoms with Crippen molar-refractivity contribution in [1.29, 1.82) is 0 Å². The highest BCUT2D eigenvalue weighted by atomic mass is 35.5.